The first-order chi connectivity index (χ1) is 9.70. The Hall–Kier alpha value is -2.70. The molecule has 0 radical (unpaired) electrons. The number of carbonyl (C=O) groups is 2. The highest BCUT2D eigenvalue weighted by Crippen LogP contribution is 2.02. The molecule has 104 valence electrons. The quantitative estimate of drug-likeness (QED) is 0.764. The Morgan fingerprint density at radius 1 is 1.15 bits per heavy atom. The molecule has 0 saturated carbocycles. The molecular weight excluding hydrogens is 262 g/mol. The van der Waals surface area contributed by atoms with E-state index in [1.54, 1.807) is 37.3 Å². The Labute approximate surface area is 115 Å². The lowest BCUT2D eigenvalue weighted by atomic mass is 10.2. The van der Waals surface area contributed by atoms with E-state index in [2.05, 4.69) is 10.2 Å². The number of hydrogen-bond donors (Lipinski definition) is 0. The molecule has 1 heterocycles. The Morgan fingerprint density at radius 2 is 1.90 bits per heavy atom. The fourth-order valence-electron chi connectivity index (χ4n) is 1.43. The van der Waals surface area contributed by atoms with Crippen LogP contribution >= 0.6 is 0 Å². The molecule has 0 aliphatic carbocycles. The summed E-state index contributed by atoms with van der Waals surface area (Å²) in [5.41, 5.74) is 0.507. The van der Waals surface area contributed by atoms with Gasteiger partial charge in [-0.1, -0.05) is 18.2 Å². The molecule has 7 heteroatoms. The molecule has 0 N–H and O–H groups in total. The Kier molecular flexibility index (Phi) is 4.43. The summed E-state index contributed by atoms with van der Waals surface area (Å²) in [6.07, 6.45) is 1.26. The lowest BCUT2D eigenvalue weighted by molar-refractivity contribution is 0.0320. The second-order valence-electron chi connectivity index (χ2n) is 3.75. The number of benzene rings is 1. The van der Waals surface area contributed by atoms with Crippen molar-refractivity contribution in [1.82, 2.24) is 15.0 Å². The molecular formula is C13H13N3O4. The van der Waals surface area contributed by atoms with Gasteiger partial charge in [-0.2, -0.15) is 5.10 Å². The molecule has 0 bridgehead atoms. The number of nitrogens with zero attached hydrogens (tertiary/aromatic N) is 3. The van der Waals surface area contributed by atoms with Crippen molar-refractivity contribution in [3.8, 4) is 0 Å². The smallest absolute Gasteiger partial charge is 0.360 e. The largest absolute Gasteiger partial charge is 0.461 e. The van der Waals surface area contributed by atoms with Gasteiger partial charge in [0.1, 0.15) is 0 Å². The number of carbonyl (C=O) groups excluding carboxylic acids is 2. The van der Waals surface area contributed by atoms with Crippen molar-refractivity contribution in [3.63, 3.8) is 0 Å². The Balaban J connectivity index is 1.92. The van der Waals surface area contributed by atoms with Crippen LogP contribution in [0.15, 0.2) is 36.5 Å². The maximum atomic E-state index is 11.7. The highest BCUT2D eigenvalue weighted by Gasteiger charge is 2.12. The summed E-state index contributed by atoms with van der Waals surface area (Å²) >= 11 is 0. The van der Waals surface area contributed by atoms with Crippen LogP contribution in [0.3, 0.4) is 0 Å². The average Bonchev–Trinajstić information content (AvgIpc) is 2.95. The number of rotatable bonds is 5. The molecule has 2 rings (SSSR count). The van der Waals surface area contributed by atoms with Gasteiger partial charge in [-0.3, -0.25) is 0 Å². The molecule has 20 heavy (non-hydrogen) atoms. The molecule has 0 spiro atoms. The van der Waals surface area contributed by atoms with Crippen LogP contribution in [0.25, 0.3) is 0 Å². The van der Waals surface area contributed by atoms with E-state index in [0.29, 0.717) is 5.56 Å². The van der Waals surface area contributed by atoms with Gasteiger partial charge in [0.05, 0.1) is 18.4 Å². The van der Waals surface area contributed by atoms with E-state index in [4.69, 9.17) is 9.47 Å². The molecule has 0 aliphatic rings. The molecule has 2 aromatic rings. The molecule has 0 fully saturated rings. The lowest BCUT2D eigenvalue weighted by Crippen LogP contribution is -2.13. The molecule has 1 aromatic carbocycles. The van der Waals surface area contributed by atoms with E-state index in [1.165, 1.54) is 6.20 Å². The zero-order valence-electron chi connectivity index (χ0n) is 10.9. The second kappa shape index (κ2) is 6.46. The maximum Gasteiger partial charge on any atom is 0.360 e. The van der Waals surface area contributed by atoms with Gasteiger partial charge in [0.25, 0.3) is 0 Å². The minimum absolute atomic E-state index is 0.0719. The average molecular weight is 275 g/mol. The third kappa shape index (κ3) is 3.41. The van der Waals surface area contributed by atoms with Crippen LogP contribution in [-0.2, 0) is 16.2 Å². The molecule has 0 saturated heterocycles. The van der Waals surface area contributed by atoms with Crippen molar-refractivity contribution >= 4 is 11.9 Å². The summed E-state index contributed by atoms with van der Waals surface area (Å²) in [6.45, 7) is 1.78. The van der Waals surface area contributed by atoms with Crippen molar-refractivity contribution < 1.29 is 19.1 Å². The predicted molar refractivity (Wildman–Crippen MR) is 67.8 cm³/mol. The van der Waals surface area contributed by atoms with Gasteiger partial charge in [-0.25, -0.2) is 9.59 Å². The highest BCUT2D eigenvalue weighted by atomic mass is 16.5. The summed E-state index contributed by atoms with van der Waals surface area (Å²) in [5, 5.41) is 7.66. The van der Waals surface area contributed by atoms with Crippen molar-refractivity contribution in [3.05, 3.63) is 47.8 Å². The predicted octanol–water partition coefficient (Wildman–Crippen LogP) is 1.27. The van der Waals surface area contributed by atoms with Crippen LogP contribution < -0.4 is 0 Å². The van der Waals surface area contributed by atoms with E-state index in [-0.39, 0.29) is 19.0 Å². The van der Waals surface area contributed by atoms with Gasteiger partial charge in [0.2, 0.25) is 6.73 Å². The molecule has 0 atom stereocenters. The Bertz CT molecular complexity index is 595. The molecule has 0 unspecified atom stereocenters. The normalized spacial score (nSPS) is 10.1. The zero-order chi connectivity index (χ0) is 14.4. The topological polar surface area (TPSA) is 83.3 Å². The monoisotopic (exact) mass is 275 g/mol. The fourth-order valence-corrected chi connectivity index (χ4v) is 1.43. The second-order valence-corrected chi connectivity index (χ2v) is 3.75. The van der Waals surface area contributed by atoms with E-state index < -0.39 is 11.9 Å². The first-order valence-electron chi connectivity index (χ1n) is 6.00. The lowest BCUT2D eigenvalue weighted by Gasteiger charge is -2.03. The van der Waals surface area contributed by atoms with Crippen LogP contribution in [0.1, 0.15) is 27.8 Å². The summed E-state index contributed by atoms with van der Waals surface area (Å²) in [6, 6.07) is 8.56. The van der Waals surface area contributed by atoms with Crippen molar-refractivity contribution in [2.24, 2.45) is 0 Å². The SMILES string of the molecule is CCOC(=O)c1cnn(COC(=O)c2ccccc2)n1. The molecule has 7 nitrogen and oxygen atoms in total. The van der Waals surface area contributed by atoms with Crippen molar-refractivity contribution in [1.29, 1.82) is 0 Å². The van der Waals surface area contributed by atoms with Crippen molar-refractivity contribution in [2.45, 2.75) is 13.7 Å². The number of ether oxygens (including phenoxy) is 2. The Morgan fingerprint density at radius 3 is 2.60 bits per heavy atom. The third-order valence-electron chi connectivity index (χ3n) is 2.34. The maximum absolute atomic E-state index is 11.7. The van der Waals surface area contributed by atoms with Crippen LogP contribution in [0.4, 0.5) is 0 Å². The number of aromatic nitrogens is 3. The highest BCUT2D eigenvalue weighted by molar-refractivity contribution is 5.89. The minimum atomic E-state index is -0.562. The molecule has 0 amide bonds. The zero-order valence-corrected chi connectivity index (χ0v) is 10.9. The van der Waals surface area contributed by atoms with Gasteiger partial charge in [0, 0.05) is 0 Å². The van der Waals surface area contributed by atoms with Gasteiger partial charge in [0.15, 0.2) is 5.69 Å². The van der Waals surface area contributed by atoms with E-state index in [0.717, 1.165) is 4.80 Å². The molecule has 1 aromatic heterocycles. The number of hydrogen-bond acceptors (Lipinski definition) is 6. The summed E-state index contributed by atoms with van der Waals surface area (Å²) < 4.78 is 9.79. The van der Waals surface area contributed by atoms with E-state index in [9.17, 15) is 9.59 Å². The van der Waals surface area contributed by atoms with Crippen LogP contribution in [0.5, 0.6) is 0 Å². The van der Waals surface area contributed by atoms with Gasteiger partial charge in [-0.05, 0) is 19.1 Å². The van der Waals surface area contributed by atoms with Gasteiger partial charge >= 0.3 is 11.9 Å². The first-order valence-corrected chi connectivity index (χ1v) is 6.00. The summed E-state index contributed by atoms with van der Waals surface area (Å²) in [7, 11) is 0. The summed E-state index contributed by atoms with van der Waals surface area (Å²) in [5.74, 6) is -1.05. The third-order valence-corrected chi connectivity index (χ3v) is 2.34. The van der Waals surface area contributed by atoms with Gasteiger partial charge in [-0.15, -0.1) is 9.90 Å². The first kappa shape index (κ1) is 13.7. The fraction of sp³-hybridized carbons (Fsp3) is 0.231. The summed E-state index contributed by atoms with van der Waals surface area (Å²) in [4.78, 5) is 24.2. The van der Waals surface area contributed by atoms with Crippen LogP contribution in [-0.4, -0.2) is 33.5 Å². The van der Waals surface area contributed by atoms with Crippen LogP contribution in [0, 0.1) is 0 Å². The minimum Gasteiger partial charge on any atom is -0.461 e. The number of esters is 2. The van der Waals surface area contributed by atoms with E-state index in [1.807, 2.05) is 0 Å². The van der Waals surface area contributed by atoms with Crippen LogP contribution in [0.2, 0.25) is 0 Å². The van der Waals surface area contributed by atoms with Gasteiger partial charge < -0.3 is 9.47 Å². The molecule has 0 aliphatic heterocycles. The standard InChI is InChI=1S/C13H13N3O4/c1-2-19-13(18)11-8-14-16(15-11)9-20-12(17)10-6-4-3-5-7-10/h3-8H,2,9H2,1H3. The van der Waals surface area contributed by atoms with Crippen molar-refractivity contribution in [2.75, 3.05) is 6.61 Å². The van der Waals surface area contributed by atoms with E-state index >= 15 is 0 Å².